The predicted octanol–water partition coefficient (Wildman–Crippen LogP) is 1.11. The second-order valence-corrected chi connectivity index (χ2v) is 4.81. The minimum Gasteiger partial charge on any atom is -0.508 e. The van der Waals surface area contributed by atoms with E-state index in [9.17, 15) is 18.3 Å². The fourth-order valence-corrected chi connectivity index (χ4v) is 2.46. The van der Waals surface area contributed by atoms with E-state index in [4.69, 9.17) is 5.11 Å². The maximum Gasteiger partial charge on any atom is 0.290 e. The standard InChI is InChI=1S/C13H17F3N2O2/c14-9-1-2-11(20)10(7-9)12(13(15,16)8-19)18-5-3-17-4-6-18/h1-2,7,12,17,19-20H,3-6,8H2/t12-/m1/s1. The van der Waals surface area contributed by atoms with Crippen molar-refractivity contribution >= 4 is 0 Å². The van der Waals surface area contributed by atoms with Crippen LogP contribution in [0.2, 0.25) is 0 Å². The van der Waals surface area contributed by atoms with Gasteiger partial charge in [0.2, 0.25) is 0 Å². The van der Waals surface area contributed by atoms with E-state index in [0.717, 1.165) is 18.2 Å². The Hall–Kier alpha value is -1.31. The number of aromatic hydroxyl groups is 1. The lowest BCUT2D eigenvalue weighted by atomic mass is 9.97. The second kappa shape index (κ2) is 5.99. The molecule has 0 unspecified atom stereocenters. The minimum absolute atomic E-state index is 0.203. The molecule has 0 radical (unpaired) electrons. The molecule has 0 aliphatic carbocycles. The lowest BCUT2D eigenvalue weighted by Crippen LogP contribution is -2.51. The SMILES string of the molecule is OCC(F)(F)[C@@H](c1cc(F)ccc1O)N1CCNCC1. The number of hydrogen-bond acceptors (Lipinski definition) is 4. The quantitative estimate of drug-likeness (QED) is 0.777. The first-order chi connectivity index (χ1) is 9.45. The van der Waals surface area contributed by atoms with Crippen LogP contribution in [-0.4, -0.2) is 53.8 Å². The van der Waals surface area contributed by atoms with Gasteiger partial charge in [-0.25, -0.2) is 13.2 Å². The Morgan fingerprint density at radius 1 is 1.30 bits per heavy atom. The topological polar surface area (TPSA) is 55.7 Å². The average Bonchev–Trinajstić information content (AvgIpc) is 2.44. The first kappa shape index (κ1) is 15.1. The third kappa shape index (κ3) is 3.05. The average molecular weight is 290 g/mol. The smallest absolute Gasteiger partial charge is 0.290 e. The van der Waals surface area contributed by atoms with Crippen LogP contribution in [0.5, 0.6) is 5.75 Å². The van der Waals surface area contributed by atoms with Crippen LogP contribution in [0.1, 0.15) is 11.6 Å². The Labute approximate surface area is 114 Å². The van der Waals surface area contributed by atoms with E-state index in [1.54, 1.807) is 0 Å². The van der Waals surface area contributed by atoms with E-state index >= 15 is 0 Å². The van der Waals surface area contributed by atoms with Gasteiger partial charge >= 0.3 is 0 Å². The van der Waals surface area contributed by atoms with Gasteiger partial charge in [-0.15, -0.1) is 0 Å². The van der Waals surface area contributed by atoms with Crippen LogP contribution < -0.4 is 5.32 Å². The van der Waals surface area contributed by atoms with E-state index in [1.807, 2.05) is 0 Å². The van der Waals surface area contributed by atoms with Crippen molar-refractivity contribution in [1.29, 1.82) is 0 Å². The van der Waals surface area contributed by atoms with E-state index in [1.165, 1.54) is 4.90 Å². The van der Waals surface area contributed by atoms with Crippen molar-refractivity contribution in [2.75, 3.05) is 32.8 Å². The van der Waals surface area contributed by atoms with Crippen LogP contribution in [0.3, 0.4) is 0 Å². The molecule has 1 aliphatic rings. The van der Waals surface area contributed by atoms with Crippen LogP contribution in [0.15, 0.2) is 18.2 Å². The highest BCUT2D eigenvalue weighted by Gasteiger charge is 2.45. The predicted molar refractivity (Wildman–Crippen MR) is 67.3 cm³/mol. The van der Waals surface area contributed by atoms with Crippen LogP contribution in [0.4, 0.5) is 13.2 Å². The number of nitrogens with one attached hydrogen (secondary N) is 1. The molecule has 1 heterocycles. The second-order valence-electron chi connectivity index (χ2n) is 4.81. The van der Waals surface area contributed by atoms with Gasteiger partial charge in [-0.3, -0.25) is 4.90 Å². The zero-order valence-electron chi connectivity index (χ0n) is 10.8. The molecule has 4 nitrogen and oxygen atoms in total. The fraction of sp³-hybridized carbons (Fsp3) is 0.538. The van der Waals surface area contributed by atoms with Gasteiger partial charge in [-0.05, 0) is 18.2 Å². The fourth-order valence-electron chi connectivity index (χ4n) is 2.46. The van der Waals surface area contributed by atoms with Crippen molar-refractivity contribution in [1.82, 2.24) is 10.2 Å². The van der Waals surface area contributed by atoms with Gasteiger partial charge in [0.05, 0.1) is 0 Å². The summed E-state index contributed by atoms with van der Waals surface area (Å²) in [4.78, 5) is 1.45. The molecule has 0 aromatic heterocycles. The number of phenolic OH excluding ortho intramolecular Hbond substituents is 1. The number of phenols is 1. The molecule has 7 heteroatoms. The summed E-state index contributed by atoms with van der Waals surface area (Å²) in [6.07, 6.45) is 0. The van der Waals surface area contributed by atoms with Gasteiger partial charge < -0.3 is 15.5 Å². The monoisotopic (exact) mass is 290 g/mol. The molecule has 0 bridgehead atoms. The number of rotatable bonds is 4. The van der Waals surface area contributed by atoms with E-state index in [2.05, 4.69) is 5.32 Å². The van der Waals surface area contributed by atoms with Gasteiger partial charge in [0, 0.05) is 31.7 Å². The summed E-state index contributed by atoms with van der Waals surface area (Å²) in [5.41, 5.74) is -0.203. The molecule has 1 aliphatic heterocycles. The molecule has 1 saturated heterocycles. The maximum absolute atomic E-state index is 14.1. The molecular formula is C13H17F3N2O2. The molecule has 0 saturated carbocycles. The Morgan fingerprint density at radius 3 is 2.55 bits per heavy atom. The van der Waals surface area contributed by atoms with Gasteiger partial charge in [0.15, 0.2) is 0 Å². The molecule has 0 spiro atoms. The van der Waals surface area contributed by atoms with Crippen molar-refractivity contribution in [3.8, 4) is 5.75 Å². The highest BCUT2D eigenvalue weighted by molar-refractivity contribution is 5.36. The number of benzene rings is 1. The van der Waals surface area contributed by atoms with Crippen molar-refractivity contribution in [2.45, 2.75) is 12.0 Å². The molecule has 0 amide bonds. The Balaban J connectivity index is 2.42. The summed E-state index contributed by atoms with van der Waals surface area (Å²) in [6.45, 7) is 0.339. The van der Waals surface area contributed by atoms with E-state index in [0.29, 0.717) is 26.2 Å². The molecular weight excluding hydrogens is 273 g/mol. The number of nitrogens with zero attached hydrogens (tertiary/aromatic N) is 1. The molecule has 112 valence electrons. The van der Waals surface area contributed by atoms with Crippen LogP contribution in [0.25, 0.3) is 0 Å². The van der Waals surface area contributed by atoms with Gasteiger partial charge in [0.1, 0.15) is 24.2 Å². The van der Waals surface area contributed by atoms with Crippen molar-refractivity contribution in [3.05, 3.63) is 29.6 Å². The zero-order valence-corrected chi connectivity index (χ0v) is 10.8. The molecule has 1 aromatic rings. The van der Waals surface area contributed by atoms with Crippen LogP contribution in [0, 0.1) is 5.82 Å². The highest BCUT2D eigenvalue weighted by atomic mass is 19.3. The summed E-state index contributed by atoms with van der Waals surface area (Å²) in [5.74, 6) is -4.57. The largest absolute Gasteiger partial charge is 0.508 e. The number of aliphatic hydroxyl groups is 1. The van der Waals surface area contributed by atoms with Gasteiger partial charge in [-0.1, -0.05) is 0 Å². The number of aliphatic hydroxyl groups excluding tert-OH is 1. The number of halogens is 3. The third-order valence-electron chi connectivity index (χ3n) is 3.41. The normalized spacial score (nSPS) is 19.0. The zero-order chi connectivity index (χ0) is 14.8. The first-order valence-electron chi connectivity index (χ1n) is 6.37. The third-order valence-corrected chi connectivity index (χ3v) is 3.41. The number of alkyl halides is 2. The summed E-state index contributed by atoms with van der Waals surface area (Å²) in [5, 5.41) is 21.8. The molecule has 1 fully saturated rings. The molecule has 20 heavy (non-hydrogen) atoms. The summed E-state index contributed by atoms with van der Waals surface area (Å²) >= 11 is 0. The Kier molecular flexibility index (Phi) is 4.52. The highest BCUT2D eigenvalue weighted by Crippen LogP contribution is 2.40. The first-order valence-corrected chi connectivity index (χ1v) is 6.37. The number of piperazine rings is 1. The van der Waals surface area contributed by atoms with Crippen molar-refractivity contribution in [2.24, 2.45) is 0 Å². The Morgan fingerprint density at radius 2 is 1.95 bits per heavy atom. The molecule has 1 atom stereocenters. The van der Waals surface area contributed by atoms with Crippen LogP contribution >= 0.6 is 0 Å². The summed E-state index contributed by atoms with van der Waals surface area (Å²) in [6, 6.07) is 1.40. The van der Waals surface area contributed by atoms with Crippen molar-refractivity contribution in [3.63, 3.8) is 0 Å². The molecule has 3 N–H and O–H groups in total. The summed E-state index contributed by atoms with van der Waals surface area (Å²) in [7, 11) is 0. The molecule has 1 aromatic carbocycles. The van der Waals surface area contributed by atoms with E-state index < -0.39 is 30.1 Å². The minimum atomic E-state index is -3.47. The number of hydrogen-bond donors (Lipinski definition) is 3. The lowest BCUT2D eigenvalue weighted by Gasteiger charge is -2.38. The lowest BCUT2D eigenvalue weighted by molar-refractivity contribution is -0.119. The van der Waals surface area contributed by atoms with E-state index in [-0.39, 0.29) is 5.56 Å². The Bertz CT molecular complexity index is 465. The van der Waals surface area contributed by atoms with Gasteiger partial charge in [0.25, 0.3) is 5.92 Å². The van der Waals surface area contributed by atoms with Gasteiger partial charge in [-0.2, -0.15) is 0 Å². The maximum atomic E-state index is 14.1. The molecule has 2 rings (SSSR count). The van der Waals surface area contributed by atoms with Crippen LogP contribution in [-0.2, 0) is 0 Å². The van der Waals surface area contributed by atoms with Crippen molar-refractivity contribution < 1.29 is 23.4 Å². The summed E-state index contributed by atoms with van der Waals surface area (Å²) < 4.78 is 41.4.